The van der Waals surface area contributed by atoms with Gasteiger partial charge in [0.1, 0.15) is 11.7 Å². The number of nitrogens with zero attached hydrogens (tertiary/aromatic N) is 6. The Morgan fingerprint density at radius 2 is 2.20 bits per heavy atom. The number of amides is 1. The van der Waals surface area contributed by atoms with Crippen LogP contribution in [0.4, 0.5) is 5.82 Å². The quantitative estimate of drug-likeness (QED) is 0.701. The molecule has 1 fully saturated rings. The van der Waals surface area contributed by atoms with Gasteiger partial charge in [0.05, 0.1) is 24.5 Å². The van der Waals surface area contributed by atoms with Crippen LogP contribution in [0.5, 0.6) is 0 Å². The lowest BCUT2D eigenvalue weighted by atomic mass is 10.1. The molecule has 0 aromatic carbocycles. The van der Waals surface area contributed by atoms with E-state index in [2.05, 4.69) is 15.3 Å². The minimum atomic E-state index is -1.77. The standard InChI is InChI=1S/C19H22N6O5/c1-11-10-24(17(27)16(29-11)15(26)18(28)30-19(2,3)4)14-5-6-25(23-14)13-7-12(8-20)22-21-9-13/h5-7,9,11,15-16,26H,10H2,1-4H3/t11-,15?,16+/m0/s1. The Balaban J connectivity index is 1.83. The zero-order valence-corrected chi connectivity index (χ0v) is 17.0. The van der Waals surface area contributed by atoms with Crippen LogP contribution in [0.3, 0.4) is 0 Å². The molecule has 3 heterocycles. The van der Waals surface area contributed by atoms with Crippen LogP contribution in [-0.2, 0) is 19.1 Å². The molecule has 1 N–H and O–H groups in total. The predicted octanol–water partition coefficient (Wildman–Crippen LogP) is 0.357. The van der Waals surface area contributed by atoms with Gasteiger partial charge in [-0.05, 0) is 27.7 Å². The van der Waals surface area contributed by atoms with Crippen molar-refractivity contribution >= 4 is 17.7 Å². The molecular weight excluding hydrogens is 392 g/mol. The number of hydrogen-bond acceptors (Lipinski definition) is 9. The Morgan fingerprint density at radius 3 is 2.87 bits per heavy atom. The fourth-order valence-corrected chi connectivity index (χ4v) is 2.89. The Bertz CT molecular complexity index is 992. The summed E-state index contributed by atoms with van der Waals surface area (Å²) in [5, 5.41) is 31.1. The number of ether oxygens (including phenoxy) is 2. The van der Waals surface area contributed by atoms with E-state index in [1.54, 1.807) is 40.0 Å². The number of carbonyl (C=O) groups is 2. The lowest BCUT2D eigenvalue weighted by Gasteiger charge is -2.36. The molecule has 0 bridgehead atoms. The molecule has 2 aromatic heterocycles. The smallest absolute Gasteiger partial charge is 0.338 e. The molecule has 1 saturated heterocycles. The van der Waals surface area contributed by atoms with Crippen molar-refractivity contribution in [3.8, 4) is 11.8 Å². The van der Waals surface area contributed by atoms with Crippen molar-refractivity contribution < 1.29 is 24.2 Å². The van der Waals surface area contributed by atoms with Gasteiger partial charge in [0.15, 0.2) is 23.7 Å². The molecule has 3 atom stereocenters. The van der Waals surface area contributed by atoms with E-state index in [1.807, 2.05) is 6.07 Å². The molecule has 11 heteroatoms. The third-order valence-electron chi connectivity index (χ3n) is 4.13. The maximum atomic E-state index is 12.9. The fraction of sp³-hybridized carbons (Fsp3) is 0.474. The van der Waals surface area contributed by atoms with E-state index in [4.69, 9.17) is 14.7 Å². The van der Waals surface area contributed by atoms with Gasteiger partial charge in [-0.1, -0.05) is 0 Å². The summed E-state index contributed by atoms with van der Waals surface area (Å²) in [5.74, 6) is -1.25. The monoisotopic (exact) mass is 414 g/mol. The summed E-state index contributed by atoms with van der Waals surface area (Å²) in [5.41, 5.74) is -0.200. The Kier molecular flexibility index (Phi) is 5.82. The van der Waals surface area contributed by atoms with E-state index in [1.165, 1.54) is 21.8 Å². The van der Waals surface area contributed by atoms with Gasteiger partial charge in [-0.3, -0.25) is 9.69 Å². The average Bonchev–Trinajstić information content (AvgIpc) is 3.17. The van der Waals surface area contributed by atoms with Gasteiger partial charge in [0.25, 0.3) is 5.91 Å². The second-order valence-corrected chi connectivity index (χ2v) is 7.82. The van der Waals surface area contributed by atoms with Crippen LogP contribution in [-0.4, -0.2) is 67.4 Å². The first-order chi connectivity index (χ1) is 14.1. The van der Waals surface area contributed by atoms with Gasteiger partial charge < -0.3 is 14.6 Å². The Labute approximate surface area is 172 Å². The van der Waals surface area contributed by atoms with Crippen LogP contribution in [0.2, 0.25) is 0 Å². The van der Waals surface area contributed by atoms with Crippen LogP contribution in [0.1, 0.15) is 33.4 Å². The largest absolute Gasteiger partial charge is 0.458 e. The number of nitriles is 1. The Hall–Kier alpha value is -3.36. The van der Waals surface area contributed by atoms with Gasteiger partial charge >= 0.3 is 5.97 Å². The molecule has 11 nitrogen and oxygen atoms in total. The number of esters is 1. The summed E-state index contributed by atoms with van der Waals surface area (Å²) in [6.45, 7) is 6.89. The van der Waals surface area contributed by atoms with Crippen LogP contribution in [0.25, 0.3) is 5.69 Å². The molecule has 30 heavy (non-hydrogen) atoms. The molecule has 1 aliphatic heterocycles. The molecule has 1 unspecified atom stereocenters. The molecule has 0 saturated carbocycles. The SMILES string of the molecule is C[C@H]1CN(c2ccn(-c3cnnc(C#N)c3)n2)C(=O)[C@@H](C(O)C(=O)OC(C)(C)C)O1. The summed E-state index contributed by atoms with van der Waals surface area (Å²) < 4.78 is 12.1. The normalized spacial score (nSPS) is 20.5. The predicted molar refractivity (Wildman–Crippen MR) is 102 cm³/mol. The zero-order valence-electron chi connectivity index (χ0n) is 17.0. The number of rotatable bonds is 4. The summed E-state index contributed by atoms with van der Waals surface area (Å²) in [6.07, 6.45) is -0.618. The van der Waals surface area contributed by atoms with E-state index in [0.717, 1.165) is 0 Å². The Morgan fingerprint density at radius 1 is 1.47 bits per heavy atom. The third-order valence-corrected chi connectivity index (χ3v) is 4.13. The van der Waals surface area contributed by atoms with Crippen molar-refractivity contribution in [3.63, 3.8) is 0 Å². The topological polar surface area (TPSA) is 143 Å². The van der Waals surface area contributed by atoms with Gasteiger partial charge in [-0.2, -0.15) is 10.4 Å². The number of anilines is 1. The number of morpholine rings is 1. The third kappa shape index (κ3) is 4.61. The van der Waals surface area contributed by atoms with Crippen molar-refractivity contribution in [1.82, 2.24) is 20.0 Å². The van der Waals surface area contributed by atoms with Gasteiger partial charge in [-0.25, -0.2) is 9.48 Å². The van der Waals surface area contributed by atoms with Crippen molar-refractivity contribution in [2.45, 2.75) is 51.6 Å². The number of aliphatic hydroxyl groups is 1. The zero-order chi connectivity index (χ0) is 22.1. The molecule has 0 spiro atoms. The minimum Gasteiger partial charge on any atom is -0.458 e. The number of aliphatic hydroxyl groups excluding tert-OH is 1. The molecule has 3 rings (SSSR count). The molecule has 2 aromatic rings. The fourth-order valence-electron chi connectivity index (χ4n) is 2.89. The molecule has 0 aliphatic carbocycles. The highest BCUT2D eigenvalue weighted by Crippen LogP contribution is 2.23. The highest BCUT2D eigenvalue weighted by atomic mass is 16.6. The van der Waals surface area contributed by atoms with Crippen LogP contribution >= 0.6 is 0 Å². The summed E-state index contributed by atoms with van der Waals surface area (Å²) in [4.78, 5) is 26.5. The van der Waals surface area contributed by atoms with Gasteiger partial charge in [-0.15, -0.1) is 10.2 Å². The second-order valence-electron chi connectivity index (χ2n) is 7.82. The van der Waals surface area contributed by atoms with E-state index in [0.29, 0.717) is 11.5 Å². The summed E-state index contributed by atoms with van der Waals surface area (Å²) >= 11 is 0. The molecular formula is C19H22N6O5. The number of carbonyl (C=O) groups excluding carboxylic acids is 2. The summed E-state index contributed by atoms with van der Waals surface area (Å²) in [7, 11) is 0. The number of aromatic nitrogens is 4. The van der Waals surface area contributed by atoms with Crippen LogP contribution < -0.4 is 4.90 Å². The maximum absolute atomic E-state index is 12.9. The molecule has 1 amide bonds. The first kappa shape index (κ1) is 21.4. The maximum Gasteiger partial charge on any atom is 0.338 e. The first-order valence-corrected chi connectivity index (χ1v) is 9.25. The van der Waals surface area contributed by atoms with Crippen LogP contribution in [0, 0.1) is 11.3 Å². The van der Waals surface area contributed by atoms with E-state index in [-0.39, 0.29) is 12.2 Å². The minimum absolute atomic E-state index is 0.126. The van der Waals surface area contributed by atoms with E-state index in [9.17, 15) is 14.7 Å². The van der Waals surface area contributed by atoms with Crippen molar-refractivity contribution in [2.24, 2.45) is 0 Å². The summed E-state index contributed by atoms with van der Waals surface area (Å²) in [6, 6.07) is 5.00. The average molecular weight is 414 g/mol. The highest BCUT2D eigenvalue weighted by Gasteiger charge is 2.43. The molecule has 1 aliphatic rings. The van der Waals surface area contributed by atoms with Crippen LogP contribution in [0.15, 0.2) is 24.5 Å². The van der Waals surface area contributed by atoms with Crippen molar-refractivity contribution in [1.29, 1.82) is 5.26 Å². The first-order valence-electron chi connectivity index (χ1n) is 9.25. The van der Waals surface area contributed by atoms with Crippen molar-refractivity contribution in [3.05, 3.63) is 30.2 Å². The van der Waals surface area contributed by atoms with Gasteiger partial charge in [0, 0.05) is 18.3 Å². The number of hydrogen-bond donors (Lipinski definition) is 1. The lowest BCUT2D eigenvalue weighted by molar-refractivity contribution is -0.181. The second kappa shape index (κ2) is 8.17. The molecule has 0 radical (unpaired) electrons. The highest BCUT2D eigenvalue weighted by molar-refractivity contribution is 5.99. The van der Waals surface area contributed by atoms with E-state index < -0.39 is 35.8 Å². The molecule has 158 valence electrons. The van der Waals surface area contributed by atoms with Crippen molar-refractivity contribution in [2.75, 3.05) is 11.4 Å². The van der Waals surface area contributed by atoms with Gasteiger partial charge in [0.2, 0.25) is 0 Å². The lowest BCUT2D eigenvalue weighted by Crippen LogP contribution is -2.57. The van der Waals surface area contributed by atoms with E-state index >= 15 is 0 Å².